The zero-order valence-corrected chi connectivity index (χ0v) is 11.5. The van der Waals surface area contributed by atoms with E-state index in [1.807, 2.05) is 0 Å². The summed E-state index contributed by atoms with van der Waals surface area (Å²) in [5.74, 6) is 0.182. The summed E-state index contributed by atoms with van der Waals surface area (Å²) in [6.07, 6.45) is 0.489. The van der Waals surface area contributed by atoms with Gasteiger partial charge >= 0.3 is 6.03 Å². The fraction of sp³-hybridized carbons (Fsp3) is 0.417. The van der Waals surface area contributed by atoms with Crippen molar-refractivity contribution in [3.8, 4) is 0 Å². The van der Waals surface area contributed by atoms with Gasteiger partial charge in [0.05, 0.1) is 11.5 Å². The predicted octanol–water partition coefficient (Wildman–Crippen LogP) is 0.920. The van der Waals surface area contributed by atoms with Crippen LogP contribution in [0.15, 0.2) is 24.3 Å². The minimum atomic E-state index is -3.00. The van der Waals surface area contributed by atoms with Crippen LogP contribution in [0.3, 0.4) is 0 Å². The van der Waals surface area contributed by atoms with Gasteiger partial charge in [0.15, 0.2) is 9.84 Å². The SMILES string of the molecule is CN(C(=O)Nc1cccc(N)c1)C1CCS(=O)(=O)C1. The Balaban J connectivity index is 2.00. The predicted molar refractivity (Wildman–Crippen MR) is 74.7 cm³/mol. The van der Waals surface area contributed by atoms with Gasteiger partial charge < -0.3 is 16.0 Å². The normalized spacial score (nSPS) is 21.0. The van der Waals surface area contributed by atoms with Gasteiger partial charge in [-0.25, -0.2) is 13.2 Å². The molecule has 1 heterocycles. The van der Waals surface area contributed by atoms with Crippen molar-refractivity contribution in [1.29, 1.82) is 0 Å². The van der Waals surface area contributed by atoms with E-state index in [0.717, 1.165) is 0 Å². The third-order valence-corrected chi connectivity index (χ3v) is 4.96. The molecule has 104 valence electrons. The monoisotopic (exact) mass is 283 g/mol. The second-order valence-electron chi connectivity index (χ2n) is 4.72. The minimum absolute atomic E-state index is 0.0356. The van der Waals surface area contributed by atoms with E-state index in [9.17, 15) is 13.2 Å². The molecule has 1 aliphatic rings. The van der Waals surface area contributed by atoms with Crippen LogP contribution in [0.1, 0.15) is 6.42 Å². The van der Waals surface area contributed by atoms with Gasteiger partial charge in [0.1, 0.15) is 0 Å². The van der Waals surface area contributed by atoms with E-state index in [4.69, 9.17) is 5.73 Å². The van der Waals surface area contributed by atoms with Crippen LogP contribution in [0.25, 0.3) is 0 Å². The molecule has 3 N–H and O–H groups in total. The molecule has 0 aromatic heterocycles. The number of nitrogens with zero attached hydrogens (tertiary/aromatic N) is 1. The fourth-order valence-electron chi connectivity index (χ4n) is 2.07. The quantitative estimate of drug-likeness (QED) is 0.789. The van der Waals surface area contributed by atoms with Crippen LogP contribution in [-0.2, 0) is 9.84 Å². The molecule has 2 rings (SSSR count). The molecule has 0 saturated carbocycles. The molecule has 1 atom stereocenters. The lowest BCUT2D eigenvalue weighted by atomic mass is 10.2. The average Bonchev–Trinajstić information content (AvgIpc) is 2.68. The number of urea groups is 1. The standard InChI is InChI=1S/C12H17N3O3S/c1-15(11-5-6-19(17,18)8-11)12(16)14-10-4-2-3-9(13)7-10/h2-4,7,11H,5-6,8,13H2,1H3,(H,14,16). The van der Waals surface area contributed by atoms with Gasteiger partial charge in [-0.3, -0.25) is 0 Å². The van der Waals surface area contributed by atoms with Crippen molar-refractivity contribution < 1.29 is 13.2 Å². The number of carbonyl (C=O) groups is 1. The number of nitrogens with two attached hydrogens (primary N) is 1. The van der Waals surface area contributed by atoms with E-state index in [0.29, 0.717) is 17.8 Å². The molecule has 1 saturated heterocycles. The largest absolute Gasteiger partial charge is 0.399 e. The van der Waals surface area contributed by atoms with Crippen LogP contribution in [0.5, 0.6) is 0 Å². The summed E-state index contributed by atoms with van der Waals surface area (Å²) in [6.45, 7) is 0. The number of hydrogen-bond acceptors (Lipinski definition) is 4. The van der Waals surface area contributed by atoms with Gasteiger partial charge in [0, 0.05) is 24.5 Å². The molecule has 7 heteroatoms. The molecule has 6 nitrogen and oxygen atoms in total. The third-order valence-electron chi connectivity index (χ3n) is 3.21. The van der Waals surface area contributed by atoms with Gasteiger partial charge in [-0.1, -0.05) is 6.07 Å². The number of sulfone groups is 1. The van der Waals surface area contributed by atoms with E-state index in [1.165, 1.54) is 4.90 Å². The molecule has 19 heavy (non-hydrogen) atoms. The highest BCUT2D eigenvalue weighted by molar-refractivity contribution is 7.91. The van der Waals surface area contributed by atoms with Crippen LogP contribution in [0, 0.1) is 0 Å². The highest BCUT2D eigenvalue weighted by atomic mass is 32.2. The van der Waals surface area contributed by atoms with E-state index < -0.39 is 9.84 Å². The summed E-state index contributed by atoms with van der Waals surface area (Å²) in [5.41, 5.74) is 6.78. The van der Waals surface area contributed by atoms with Crippen molar-refractivity contribution in [2.24, 2.45) is 0 Å². The van der Waals surface area contributed by atoms with Crippen molar-refractivity contribution in [3.05, 3.63) is 24.3 Å². The van der Waals surface area contributed by atoms with Crippen molar-refractivity contribution in [2.45, 2.75) is 12.5 Å². The second kappa shape index (κ2) is 5.08. The van der Waals surface area contributed by atoms with E-state index >= 15 is 0 Å². The van der Waals surface area contributed by atoms with E-state index in [1.54, 1.807) is 31.3 Å². The molecular weight excluding hydrogens is 266 g/mol. The first-order valence-electron chi connectivity index (χ1n) is 5.97. The number of carbonyl (C=O) groups excluding carboxylic acids is 1. The zero-order chi connectivity index (χ0) is 14.0. The van der Waals surface area contributed by atoms with Crippen LogP contribution in [-0.4, -0.2) is 43.9 Å². The highest BCUT2D eigenvalue weighted by Crippen LogP contribution is 2.18. The van der Waals surface area contributed by atoms with Crippen molar-refractivity contribution in [1.82, 2.24) is 4.90 Å². The Morgan fingerprint density at radius 1 is 1.47 bits per heavy atom. The molecule has 1 aliphatic heterocycles. The van der Waals surface area contributed by atoms with Crippen LogP contribution >= 0.6 is 0 Å². The maximum Gasteiger partial charge on any atom is 0.321 e. The van der Waals surface area contributed by atoms with Gasteiger partial charge in [-0.15, -0.1) is 0 Å². The molecular formula is C12H17N3O3S. The summed E-state index contributed by atoms with van der Waals surface area (Å²) in [6, 6.07) is 6.26. The highest BCUT2D eigenvalue weighted by Gasteiger charge is 2.32. The summed E-state index contributed by atoms with van der Waals surface area (Å²) < 4.78 is 22.8. The van der Waals surface area contributed by atoms with Gasteiger partial charge in [-0.2, -0.15) is 0 Å². The lowest BCUT2D eigenvalue weighted by Crippen LogP contribution is -2.40. The first kappa shape index (κ1) is 13.7. The van der Waals surface area contributed by atoms with Crippen LogP contribution in [0.4, 0.5) is 16.2 Å². The number of benzene rings is 1. The fourth-order valence-corrected chi connectivity index (χ4v) is 3.85. The number of anilines is 2. The summed E-state index contributed by atoms with van der Waals surface area (Å²) in [4.78, 5) is 13.4. The molecule has 0 radical (unpaired) electrons. The topological polar surface area (TPSA) is 92.5 Å². The van der Waals surface area contributed by atoms with E-state index in [2.05, 4.69) is 5.32 Å². The zero-order valence-electron chi connectivity index (χ0n) is 10.7. The Morgan fingerprint density at radius 3 is 2.79 bits per heavy atom. The van der Waals surface area contributed by atoms with Crippen LogP contribution in [0.2, 0.25) is 0 Å². The molecule has 2 amide bonds. The first-order valence-corrected chi connectivity index (χ1v) is 7.79. The summed E-state index contributed by atoms with van der Waals surface area (Å²) >= 11 is 0. The van der Waals surface area contributed by atoms with E-state index in [-0.39, 0.29) is 23.6 Å². The number of nitrogens with one attached hydrogen (secondary N) is 1. The van der Waals surface area contributed by atoms with Crippen molar-refractivity contribution >= 4 is 27.2 Å². The number of amides is 2. The number of hydrogen-bond donors (Lipinski definition) is 2. The lowest BCUT2D eigenvalue weighted by molar-refractivity contribution is 0.209. The Hall–Kier alpha value is -1.76. The minimum Gasteiger partial charge on any atom is -0.399 e. The molecule has 1 unspecified atom stereocenters. The van der Waals surface area contributed by atoms with Gasteiger partial charge in [0.25, 0.3) is 0 Å². The number of rotatable bonds is 2. The second-order valence-corrected chi connectivity index (χ2v) is 6.95. The Labute approximate surface area is 112 Å². The first-order chi connectivity index (χ1) is 8.87. The maximum absolute atomic E-state index is 12.0. The molecule has 0 spiro atoms. The molecule has 0 aliphatic carbocycles. The average molecular weight is 283 g/mol. The summed E-state index contributed by atoms with van der Waals surface area (Å²) in [7, 11) is -1.39. The molecule has 1 fully saturated rings. The third kappa shape index (κ3) is 3.37. The molecule has 1 aromatic carbocycles. The Morgan fingerprint density at radius 2 is 2.21 bits per heavy atom. The summed E-state index contributed by atoms with van der Waals surface area (Å²) in [5, 5.41) is 2.70. The smallest absolute Gasteiger partial charge is 0.321 e. The van der Waals surface area contributed by atoms with Crippen LogP contribution < -0.4 is 11.1 Å². The lowest BCUT2D eigenvalue weighted by Gasteiger charge is -2.23. The van der Waals surface area contributed by atoms with Gasteiger partial charge in [-0.05, 0) is 24.6 Å². The number of nitrogen functional groups attached to an aromatic ring is 1. The Kier molecular flexibility index (Phi) is 3.66. The van der Waals surface area contributed by atoms with Crippen molar-refractivity contribution in [3.63, 3.8) is 0 Å². The molecule has 1 aromatic rings. The maximum atomic E-state index is 12.0. The molecule has 0 bridgehead atoms. The Bertz CT molecular complexity index is 586. The van der Waals surface area contributed by atoms with Gasteiger partial charge in [0.2, 0.25) is 0 Å². The van der Waals surface area contributed by atoms with Crippen molar-refractivity contribution in [2.75, 3.05) is 29.6 Å².